The van der Waals surface area contributed by atoms with Gasteiger partial charge in [-0.1, -0.05) is 43.2 Å². The van der Waals surface area contributed by atoms with Gasteiger partial charge in [0.25, 0.3) is 5.91 Å². The molecule has 5 rings (SSSR count). The number of rotatable bonds is 5. The zero-order valence-electron chi connectivity index (χ0n) is 20.0. The Balaban J connectivity index is 1.24. The molecular formula is C27H32N4O3S. The first kappa shape index (κ1) is 23.9. The molecule has 2 fully saturated rings. The molecule has 1 amide bonds. The fourth-order valence-electron chi connectivity index (χ4n) is 5.05. The summed E-state index contributed by atoms with van der Waals surface area (Å²) in [5.41, 5.74) is 2.65. The van der Waals surface area contributed by atoms with Gasteiger partial charge >= 0.3 is 0 Å². The Morgan fingerprint density at radius 2 is 1.54 bits per heavy atom. The van der Waals surface area contributed by atoms with E-state index in [1.807, 2.05) is 17.2 Å². The first-order chi connectivity index (χ1) is 17.0. The molecule has 0 N–H and O–H groups in total. The Bertz CT molecular complexity index is 1290. The number of amides is 1. The first-order valence-electron chi connectivity index (χ1n) is 12.5. The topological polar surface area (TPSA) is 73.8 Å². The van der Waals surface area contributed by atoms with Crippen LogP contribution in [-0.4, -0.2) is 72.7 Å². The third kappa shape index (κ3) is 5.24. The predicted octanol–water partition coefficient (Wildman–Crippen LogP) is 3.76. The average Bonchev–Trinajstić information content (AvgIpc) is 3.20. The van der Waals surface area contributed by atoms with Crippen molar-refractivity contribution in [1.29, 1.82) is 0 Å². The van der Waals surface area contributed by atoms with Crippen molar-refractivity contribution >= 4 is 26.8 Å². The van der Waals surface area contributed by atoms with Crippen LogP contribution in [0.5, 0.6) is 0 Å². The molecule has 0 radical (unpaired) electrons. The normalized spacial score (nSPS) is 18.5. The minimum absolute atomic E-state index is 0.107. The molecule has 0 saturated carbocycles. The number of piperazine rings is 1. The summed E-state index contributed by atoms with van der Waals surface area (Å²) < 4.78 is 28.0. The Labute approximate surface area is 207 Å². The summed E-state index contributed by atoms with van der Waals surface area (Å²) >= 11 is 0. The number of hydrogen-bond donors (Lipinski definition) is 0. The highest BCUT2D eigenvalue weighted by Gasteiger charge is 2.27. The highest BCUT2D eigenvalue weighted by Crippen LogP contribution is 2.23. The largest absolute Gasteiger partial charge is 0.336 e. The maximum absolute atomic E-state index is 13.2. The molecular weight excluding hydrogens is 460 g/mol. The quantitative estimate of drug-likeness (QED) is 0.542. The van der Waals surface area contributed by atoms with Crippen molar-refractivity contribution in [3.05, 3.63) is 71.9 Å². The summed E-state index contributed by atoms with van der Waals surface area (Å²) in [6.45, 7) is 4.64. The van der Waals surface area contributed by atoms with Crippen LogP contribution in [-0.2, 0) is 16.6 Å². The van der Waals surface area contributed by atoms with Crippen LogP contribution in [0.4, 0.5) is 0 Å². The molecule has 1 aromatic heterocycles. The van der Waals surface area contributed by atoms with Gasteiger partial charge in [0, 0.05) is 63.0 Å². The molecule has 0 spiro atoms. The van der Waals surface area contributed by atoms with Gasteiger partial charge in [-0.3, -0.25) is 14.7 Å². The second-order valence-electron chi connectivity index (χ2n) is 9.41. The molecule has 8 heteroatoms. The third-order valence-electron chi connectivity index (χ3n) is 7.05. The van der Waals surface area contributed by atoms with E-state index in [9.17, 15) is 13.2 Å². The van der Waals surface area contributed by atoms with Gasteiger partial charge in [0.05, 0.1) is 10.4 Å². The molecule has 35 heavy (non-hydrogen) atoms. The first-order valence-corrected chi connectivity index (χ1v) is 13.9. The van der Waals surface area contributed by atoms with Crippen LogP contribution in [0.2, 0.25) is 0 Å². The van der Waals surface area contributed by atoms with Crippen LogP contribution in [0.15, 0.2) is 65.7 Å². The Morgan fingerprint density at radius 1 is 0.829 bits per heavy atom. The van der Waals surface area contributed by atoms with Crippen LogP contribution in [0.25, 0.3) is 10.9 Å². The Kier molecular flexibility index (Phi) is 7.13. The lowest BCUT2D eigenvalue weighted by molar-refractivity contribution is 0.0628. The van der Waals surface area contributed by atoms with E-state index in [1.165, 1.54) is 5.56 Å². The number of nitrogens with zero attached hydrogens (tertiary/aromatic N) is 4. The zero-order valence-corrected chi connectivity index (χ0v) is 20.8. The Hall–Kier alpha value is -2.81. The lowest BCUT2D eigenvalue weighted by Crippen LogP contribution is -2.48. The van der Waals surface area contributed by atoms with E-state index in [-0.39, 0.29) is 10.8 Å². The second-order valence-corrected chi connectivity index (χ2v) is 11.3. The van der Waals surface area contributed by atoms with E-state index in [0.717, 1.165) is 56.2 Å². The summed E-state index contributed by atoms with van der Waals surface area (Å²) in [7, 11) is -3.59. The maximum atomic E-state index is 13.2. The van der Waals surface area contributed by atoms with E-state index >= 15 is 0 Å². The predicted molar refractivity (Wildman–Crippen MR) is 137 cm³/mol. The van der Waals surface area contributed by atoms with Crippen molar-refractivity contribution in [2.24, 2.45) is 0 Å². The number of carbonyl (C=O) groups excluding carboxylic acids is 1. The highest BCUT2D eigenvalue weighted by atomic mass is 32.2. The molecule has 0 atom stereocenters. The van der Waals surface area contributed by atoms with E-state index in [1.54, 1.807) is 28.6 Å². The van der Waals surface area contributed by atoms with Crippen molar-refractivity contribution in [3.63, 3.8) is 0 Å². The molecule has 2 aromatic carbocycles. The van der Waals surface area contributed by atoms with Crippen LogP contribution in [0.3, 0.4) is 0 Å². The van der Waals surface area contributed by atoms with Crippen LogP contribution in [0, 0.1) is 0 Å². The van der Waals surface area contributed by atoms with Crippen LogP contribution in [0.1, 0.15) is 41.6 Å². The fraction of sp³-hybridized carbons (Fsp3) is 0.407. The summed E-state index contributed by atoms with van der Waals surface area (Å²) in [4.78, 5) is 22.2. The number of benzene rings is 2. The van der Waals surface area contributed by atoms with Crippen molar-refractivity contribution in [2.45, 2.75) is 37.1 Å². The lowest BCUT2D eigenvalue weighted by atomic mass is 10.1. The SMILES string of the molecule is O=C(c1cccc(S(=O)(=O)N2CCCCCC2)c1)N1CCN(Cc2cccc3cccnc23)CC1. The number of carbonyl (C=O) groups is 1. The van der Waals surface area contributed by atoms with Crippen molar-refractivity contribution in [2.75, 3.05) is 39.3 Å². The molecule has 3 aromatic rings. The number of aromatic nitrogens is 1. The zero-order chi connectivity index (χ0) is 24.3. The van der Waals surface area contributed by atoms with Crippen molar-refractivity contribution < 1.29 is 13.2 Å². The molecule has 0 bridgehead atoms. The number of sulfonamides is 1. The molecule has 184 valence electrons. The van der Waals surface area contributed by atoms with Crippen LogP contribution >= 0.6 is 0 Å². The van der Waals surface area contributed by atoms with E-state index in [0.29, 0.717) is 31.7 Å². The number of fused-ring (bicyclic) bond motifs is 1. The Morgan fingerprint density at radius 3 is 2.31 bits per heavy atom. The smallest absolute Gasteiger partial charge is 0.253 e. The minimum atomic E-state index is -3.59. The van der Waals surface area contributed by atoms with Gasteiger partial charge in [-0.2, -0.15) is 4.31 Å². The van der Waals surface area contributed by atoms with Crippen LogP contribution < -0.4 is 0 Å². The average molecular weight is 493 g/mol. The summed E-state index contributed by atoms with van der Waals surface area (Å²) in [6, 6.07) is 16.8. The van der Waals surface area contributed by atoms with Gasteiger partial charge in [-0.05, 0) is 42.7 Å². The summed E-state index contributed by atoms with van der Waals surface area (Å²) in [5, 5.41) is 1.13. The lowest BCUT2D eigenvalue weighted by Gasteiger charge is -2.35. The number of hydrogen-bond acceptors (Lipinski definition) is 5. The molecule has 7 nitrogen and oxygen atoms in total. The summed E-state index contributed by atoms with van der Waals surface area (Å²) in [5.74, 6) is -0.107. The minimum Gasteiger partial charge on any atom is -0.336 e. The van der Waals surface area contributed by atoms with Crippen molar-refractivity contribution in [3.8, 4) is 0 Å². The molecule has 2 aliphatic rings. The third-order valence-corrected chi connectivity index (χ3v) is 8.95. The molecule has 0 unspecified atom stereocenters. The number of pyridine rings is 1. The standard InChI is InChI=1S/C27H32N4O3S/c32-27(23-9-6-12-25(20-23)35(33,34)31-14-3-1-2-4-15-31)30-18-16-29(17-19-30)21-24-10-5-8-22-11-7-13-28-26(22)24/h5-13,20H,1-4,14-19,21H2. The van der Waals surface area contributed by atoms with E-state index in [2.05, 4.69) is 34.1 Å². The van der Waals surface area contributed by atoms with Gasteiger partial charge in [-0.25, -0.2) is 8.42 Å². The molecule has 2 aliphatic heterocycles. The van der Waals surface area contributed by atoms with Gasteiger partial charge in [0.1, 0.15) is 0 Å². The second kappa shape index (κ2) is 10.4. The maximum Gasteiger partial charge on any atom is 0.253 e. The monoisotopic (exact) mass is 492 g/mol. The highest BCUT2D eigenvalue weighted by molar-refractivity contribution is 7.89. The molecule has 3 heterocycles. The van der Waals surface area contributed by atoms with Crippen molar-refractivity contribution in [1.82, 2.24) is 19.1 Å². The van der Waals surface area contributed by atoms with E-state index < -0.39 is 10.0 Å². The fourth-order valence-corrected chi connectivity index (χ4v) is 6.61. The summed E-state index contributed by atoms with van der Waals surface area (Å²) in [6.07, 6.45) is 5.72. The van der Waals surface area contributed by atoms with E-state index in [4.69, 9.17) is 0 Å². The molecule has 0 aliphatic carbocycles. The van der Waals surface area contributed by atoms with Gasteiger partial charge in [0.15, 0.2) is 0 Å². The molecule has 2 saturated heterocycles. The van der Waals surface area contributed by atoms with Gasteiger partial charge in [0.2, 0.25) is 10.0 Å². The van der Waals surface area contributed by atoms with Gasteiger partial charge < -0.3 is 4.90 Å². The van der Waals surface area contributed by atoms with Gasteiger partial charge in [-0.15, -0.1) is 0 Å². The number of para-hydroxylation sites is 1.